The van der Waals surface area contributed by atoms with Gasteiger partial charge in [0, 0.05) is 88.4 Å². The molecule has 268 valence electrons. The van der Waals surface area contributed by atoms with Gasteiger partial charge in [-0.1, -0.05) is 54.6 Å². The van der Waals surface area contributed by atoms with E-state index in [0.29, 0.717) is 17.7 Å². The van der Waals surface area contributed by atoms with Gasteiger partial charge in [0.1, 0.15) is 12.1 Å². The normalized spacial score (nSPS) is 14.1. The van der Waals surface area contributed by atoms with Crippen LogP contribution in [0.1, 0.15) is 50.8 Å². The number of benzene rings is 3. The van der Waals surface area contributed by atoms with E-state index in [9.17, 15) is 24.4 Å². The molecule has 11 heteroatoms. The van der Waals surface area contributed by atoms with E-state index in [-0.39, 0.29) is 42.9 Å². The number of imide groups is 1. The van der Waals surface area contributed by atoms with Crippen LogP contribution in [-0.4, -0.2) is 60.9 Å². The number of amides is 3. The third-order valence-corrected chi connectivity index (χ3v) is 9.63. The molecule has 1 aliphatic rings. The Bertz CT molecular complexity index is 2500. The molecule has 0 bridgehead atoms. The molecule has 0 aliphatic carbocycles. The smallest absolute Gasteiger partial charge is 0.408 e. The number of Topliss-reactive ketones (excluding diaryl/α,β-unsaturated/α-hetero) is 1. The van der Waals surface area contributed by atoms with Gasteiger partial charge < -0.3 is 24.2 Å². The second-order valence-electron chi connectivity index (χ2n) is 14.2. The molecule has 6 aromatic rings. The maximum Gasteiger partial charge on any atom is 0.408 e. The van der Waals surface area contributed by atoms with Gasteiger partial charge in [0.25, 0.3) is 11.8 Å². The zero-order chi connectivity index (χ0) is 37.4. The summed E-state index contributed by atoms with van der Waals surface area (Å²) in [6.07, 6.45) is 4.70. The highest BCUT2D eigenvalue weighted by Crippen LogP contribution is 2.42. The standard InChI is InChI=1S/C42H40N6O5/c1-5-46-24-30(28-13-7-10-16-34(28)46)37-38(31-25-47(21-19-43)35-17-11-8-14-29(31)35)40(51)48(39(37)50)20-18-36(49)33(45-41(52)53-42(2,3)4)22-26-23-44-32-15-9-6-12-27(26)32/h6-17,23-25,33,44H,5,18,20-22H2,1-4H3,(H,45,52)/t33-/m0/s1. The number of aryl methyl sites for hydroxylation is 1. The summed E-state index contributed by atoms with van der Waals surface area (Å²) in [6, 6.07) is 24.1. The summed E-state index contributed by atoms with van der Waals surface area (Å²) in [6.45, 7) is 7.74. The third kappa shape index (κ3) is 6.60. The molecule has 1 atom stereocenters. The number of ether oxygens (including phenoxy) is 1. The number of carbonyl (C=O) groups is 4. The number of H-pyrrole nitrogens is 1. The summed E-state index contributed by atoms with van der Waals surface area (Å²) in [5.41, 5.74) is 4.23. The van der Waals surface area contributed by atoms with E-state index in [0.717, 1.165) is 43.2 Å². The maximum absolute atomic E-state index is 14.6. The van der Waals surface area contributed by atoms with E-state index < -0.39 is 29.6 Å². The van der Waals surface area contributed by atoms with Gasteiger partial charge in [-0.2, -0.15) is 5.26 Å². The SMILES string of the molecule is CCn1cc(C2=C(c3cn(CC#N)c4ccccc34)C(=O)N(CCC(=O)[C@H](Cc3c[nH]c4ccccc34)NC(=O)OC(C)(C)C)C2=O)c2ccccc21. The van der Waals surface area contributed by atoms with E-state index in [1.54, 1.807) is 31.5 Å². The molecule has 2 N–H and O–H groups in total. The number of hydrogen-bond donors (Lipinski definition) is 2. The predicted molar refractivity (Wildman–Crippen MR) is 203 cm³/mol. The van der Waals surface area contributed by atoms with Crippen LogP contribution in [0.4, 0.5) is 4.79 Å². The molecule has 0 saturated heterocycles. The number of para-hydroxylation sites is 3. The molecule has 1 aliphatic heterocycles. The van der Waals surface area contributed by atoms with Crippen LogP contribution in [0.2, 0.25) is 0 Å². The Morgan fingerprint density at radius 2 is 1.42 bits per heavy atom. The highest BCUT2D eigenvalue weighted by Gasteiger charge is 2.42. The molecule has 3 aromatic heterocycles. The zero-order valence-electron chi connectivity index (χ0n) is 30.1. The minimum atomic E-state index is -0.991. The lowest BCUT2D eigenvalue weighted by Gasteiger charge is -2.24. The van der Waals surface area contributed by atoms with Crippen LogP contribution >= 0.6 is 0 Å². The van der Waals surface area contributed by atoms with Crippen molar-refractivity contribution in [1.29, 1.82) is 5.26 Å². The van der Waals surface area contributed by atoms with E-state index in [1.165, 1.54) is 0 Å². The van der Waals surface area contributed by atoms with Gasteiger partial charge in [0.15, 0.2) is 5.78 Å². The van der Waals surface area contributed by atoms with E-state index >= 15 is 0 Å². The van der Waals surface area contributed by atoms with Crippen LogP contribution in [0.5, 0.6) is 0 Å². The Labute approximate surface area is 306 Å². The number of nitrogens with zero attached hydrogens (tertiary/aromatic N) is 4. The maximum atomic E-state index is 14.6. The lowest BCUT2D eigenvalue weighted by atomic mass is 9.95. The van der Waals surface area contributed by atoms with Crippen molar-refractivity contribution in [2.45, 2.75) is 65.3 Å². The monoisotopic (exact) mass is 708 g/mol. The number of fused-ring (bicyclic) bond motifs is 3. The molecular weight excluding hydrogens is 668 g/mol. The van der Waals surface area contributed by atoms with Gasteiger partial charge in [0.05, 0.1) is 23.3 Å². The number of carbonyl (C=O) groups excluding carboxylic acids is 4. The number of nitriles is 1. The molecule has 0 saturated carbocycles. The second kappa shape index (κ2) is 14.0. The van der Waals surface area contributed by atoms with Crippen LogP contribution in [0.3, 0.4) is 0 Å². The average Bonchev–Trinajstić information content (AvgIpc) is 3.87. The highest BCUT2D eigenvalue weighted by atomic mass is 16.6. The number of aromatic amines is 1. The lowest BCUT2D eigenvalue weighted by Crippen LogP contribution is -2.46. The molecular formula is C42H40N6O5. The first-order valence-electron chi connectivity index (χ1n) is 17.7. The number of alkyl carbamates (subject to hydrolysis) is 1. The van der Waals surface area contributed by atoms with Crippen molar-refractivity contribution in [3.05, 3.63) is 108 Å². The number of aromatic nitrogens is 3. The fraction of sp³-hybridized carbons (Fsp3) is 0.262. The third-order valence-electron chi connectivity index (χ3n) is 9.63. The fourth-order valence-electron chi connectivity index (χ4n) is 7.25. The molecule has 0 unspecified atom stereocenters. The quantitative estimate of drug-likeness (QED) is 0.139. The molecule has 3 aromatic carbocycles. The molecule has 53 heavy (non-hydrogen) atoms. The summed E-state index contributed by atoms with van der Waals surface area (Å²) in [5, 5.41) is 14.8. The number of ketones is 1. The Kier molecular flexibility index (Phi) is 9.22. The second-order valence-corrected chi connectivity index (χ2v) is 14.2. The van der Waals surface area contributed by atoms with Crippen LogP contribution in [0, 0.1) is 11.3 Å². The van der Waals surface area contributed by atoms with Crippen LogP contribution < -0.4 is 5.32 Å². The predicted octanol–water partition coefficient (Wildman–Crippen LogP) is 7.00. The number of hydrogen-bond acceptors (Lipinski definition) is 6. The van der Waals surface area contributed by atoms with Crippen LogP contribution in [0.15, 0.2) is 91.4 Å². The first-order chi connectivity index (χ1) is 25.5. The largest absolute Gasteiger partial charge is 0.444 e. The zero-order valence-corrected chi connectivity index (χ0v) is 30.1. The van der Waals surface area contributed by atoms with Crippen molar-refractivity contribution in [2.75, 3.05) is 6.54 Å². The van der Waals surface area contributed by atoms with E-state index in [1.807, 2.05) is 96.7 Å². The van der Waals surface area contributed by atoms with Gasteiger partial charge in [-0.15, -0.1) is 0 Å². The van der Waals surface area contributed by atoms with Gasteiger partial charge in [0.2, 0.25) is 0 Å². The Balaban J connectivity index is 1.25. The van der Waals surface area contributed by atoms with Crippen molar-refractivity contribution in [3.63, 3.8) is 0 Å². The van der Waals surface area contributed by atoms with Crippen molar-refractivity contribution < 1.29 is 23.9 Å². The topological polar surface area (TPSA) is 142 Å². The van der Waals surface area contributed by atoms with Crippen molar-refractivity contribution in [2.24, 2.45) is 0 Å². The molecule has 0 fully saturated rings. The van der Waals surface area contributed by atoms with Crippen molar-refractivity contribution in [1.82, 2.24) is 24.3 Å². The lowest BCUT2D eigenvalue weighted by molar-refractivity contribution is -0.136. The summed E-state index contributed by atoms with van der Waals surface area (Å²) in [4.78, 5) is 60.6. The molecule has 7 rings (SSSR count). The molecule has 3 amide bonds. The summed E-state index contributed by atoms with van der Waals surface area (Å²) >= 11 is 0. The first-order valence-corrected chi connectivity index (χ1v) is 17.7. The van der Waals surface area contributed by atoms with Crippen LogP contribution in [0.25, 0.3) is 43.9 Å². The Morgan fingerprint density at radius 1 is 0.849 bits per heavy atom. The van der Waals surface area contributed by atoms with Crippen molar-refractivity contribution >= 4 is 67.5 Å². The fourth-order valence-corrected chi connectivity index (χ4v) is 7.25. The summed E-state index contributed by atoms with van der Waals surface area (Å²) < 4.78 is 9.31. The number of nitrogens with one attached hydrogen (secondary N) is 2. The highest BCUT2D eigenvalue weighted by molar-refractivity contribution is 6.50. The Morgan fingerprint density at radius 3 is 2.02 bits per heavy atom. The molecule has 0 spiro atoms. The summed E-state index contributed by atoms with van der Waals surface area (Å²) in [5.74, 6) is -1.40. The summed E-state index contributed by atoms with van der Waals surface area (Å²) in [7, 11) is 0. The first kappa shape index (κ1) is 35.0. The van der Waals surface area contributed by atoms with Crippen molar-refractivity contribution in [3.8, 4) is 6.07 Å². The van der Waals surface area contributed by atoms with Gasteiger partial charge in [-0.3, -0.25) is 19.3 Å². The minimum absolute atomic E-state index is 0.0566. The van der Waals surface area contributed by atoms with Gasteiger partial charge >= 0.3 is 6.09 Å². The van der Waals surface area contributed by atoms with Gasteiger partial charge in [-0.25, -0.2) is 4.79 Å². The molecule has 4 heterocycles. The molecule has 11 nitrogen and oxygen atoms in total. The molecule has 0 radical (unpaired) electrons. The Hall–Kier alpha value is -6.41. The number of rotatable bonds is 11. The minimum Gasteiger partial charge on any atom is -0.444 e. The van der Waals surface area contributed by atoms with Gasteiger partial charge in [-0.05, 0) is 51.5 Å². The van der Waals surface area contributed by atoms with Crippen LogP contribution in [-0.2, 0) is 38.6 Å². The average molecular weight is 709 g/mol. The van der Waals surface area contributed by atoms with E-state index in [2.05, 4.69) is 16.4 Å². The van der Waals surface area contributed by atoms with E-state index in [4.69, 9.17) is 4.74 Å².